The molecule has 6 nitrogen and oxygen atoms in total. The Bertz CT molecular complexity index is 1120. The Morgan fingerprint density at radius 2 is 1.52 bits per heavy atom. The number of benzene rings is 2. The molecule has 1 aromatic heterocycles. The van der Waals surface area contributed by atoms with E-state index in [1.54, 1.807) is 24.5 Å². The molecular weight excluding hydrogens is 412 g/mol. The molecule has 3 aromatic rings. The summed E-state index contributed by atoms with van der Waals surface area (Å²) in [5, 5.41) is 3.15. The number of anilines is 1. The zero-order chi connectivity index (χ0) is 22.6. The van der Waals surface area contributed by atoms with Crippen LogP contribution in [0.15, 0.2) is 73.1 Å². The third-order valence-electron chi connectivity index (χ3n) is 6.67. The van der Waals surface area contributed by atoms with Gasteiger partial charge in [-0.25, -0.2) is 0 Å². The molecule has 1 N–H and O–H groups in total. The van der Waals surface area contributed by atoms with E-state index in [1.807, 2.05) is 29.2 Å². The Labute approximate surface area is 194 Å². The molecule has 0 bridgehead atoms. The lowest BCUT2D eigenvalue weighted by molar-refractivity contribution is 0.0698. The standard InChI is InChI=1S/C27H28N4O2/c32-26(29-24-12-17-30(18-13-24)27(33)22-9-14-28-15-10-22)21-5-7-25(8-6-21)31-16-11-20-3-1-2-4-23(20)19-31/h1-10,14-15,24H,11-13,16-19H2,(H,29,32). The van der Waals surface area contributed by atoms with Crippen molar-refractivity contribution in [1.82, 2.24) is 15.2 Å². The number of piperidine rings is 1. The van der Waals surface area contributed by atoms with Gasteiger partial charge >= 0.3 is 0 Å². The number of fused-ring (bicyclic) bond motifs is 1. The van der Waals surface area contributed by atoms with Gasteiger partial charge < -0.3 is 15.1 Å². The molecule has 0 saturated carbocycles. The van der Waals surface area contributed by atoms with Crippen LogP contribution in [-0.2, 0) is 13.0 Å². The molecule has 0 radical (unpaired) electrons. The summed E-state index contributed by atoms with van der Waals surface area (Å²) in [4.78, 5) is 33.6. The van der Waals surface area contributed by atoms with E-state index < -0.39 is 0 Å². The highest BCUT2D eigenvalue weighted by molar-refractivity contribution is 5.95. The van der Waals surface area contributed by atoms with Crippen molar-refractivity contribution in [2.75, 3.05) is 24.5 Å². The van der Waals surface area contributed by atoms with Crippen LogP contribution in [0.1, 0.15) is 44.7 Å². The summed E-state index contributed by atoms with van der Waals surface area (Å²) < 4.78 is 0. The summed E-state index contributed by atoms with van der Waals surface area (Å²) in [6.07, 6.45) is 5.83. The average Bonchev–Trinajstić information content (AvgIpc) is 2.89. The lowest BCUT2D eigenvalue weighted by Crippen LogP contribution is -2.46. The van der Waals surface area contributed by atoms with E-state index in [1.165, 1.54) is 11.1 Å². The molecule has 6 heteroatoms. The highest BCUT2D eigenvalue weighted by Crippen LogP contribution is 2.25. The summed E-state index contributed by atoms with van der Waals surface area (Å²) in [5.74, 6) is -0.0254. The lowest BCUT2D eigenvalue weighted by atomic mass is 9.99. The molecule has 168 valence electrons. The van der Waals surface area contributed by atoms with E-state index in [4.69, 9.17) is 0 Å². The molecule has 0 atom stereocenters. The van der Waals surface area contributed by atoms with Gasteiger partial charge in [0, 0.05) is 61.4 Å². The minimum absolute atomic E-state index is 0.0260. The second kappa shape index (κ2) is 9.45. The first-order chi connectivity index (χ1) is 16.2. The Hall–Kier alpha value is -3.67. The van der Waals surface area contributed by atoms with Crippen LogP contribution < -0.4 is 10.2 Å². The molecule has 2 aliphatic heterocycles. The van der Waals surface area contributed by atoms with Gasteiger partial charge in [0.15, 0.2) is 0 Å². The van der Waals surface area contributed by atoms with Gasteiger partial charge in [-0.15, -0.1) is 0 Å². The Morgan fingerprint density at radius 3 is 2.24 bits per heavy atom. The second-order valence-electron chi connectivity index (χ2n) is 8.76. The number of hydrogen-bond donors (Lipinski definition) is 1. The van der Waals surface area contributed by atoms with Crippen LogP contribution >= 0.6 is 0 Å². The summed E-state index contributed by atoms with van der Waals surface area (Å²) in [6, 6.07) is 20.1. The molecule has 1 saturated heterocycles. The van der Waals surface area contributed by atoms with E-state index in [-0.39, 0.29) is 17.9 Å². The molecule has 0 unspecified atom stereocenters. The van der Waals surface area contributed by atoms with Crippen LogP contribution in [0.5, 0.6) is 0 Å². The van der Waals surface area contributed by atoms with Crippen molar-refractivity contribution in [2.24, 2.45) is 0 Å². The van der Waals surface area contributed by atoms with Crippen LogP contribution in [0.4, 0.5) is 5.69 Å². The van der Waals surface area contributed by atoms with Crippen molar-refractivity contribution in [3.05, 3.63) is 95.3 Å². The maximum Gasteiger partial charge on any atom is 0.253 e. The minimum atomic E-state index is -0.0514. The number of amides is 2. The molecule has 1 fully saturated rings. The Kier molecular flexibility index (Phi) is 6.07. The third-order valence-corrected chi connectivity index (χ3v) is 6.67. The molecule has 2 aromatic carbocycles. The Balaban J connectivity index is 1.14. The second-order valence-corrected chi connectivity index (χ2v) is 8.76. The topological polar surface area (TPSA) is 65.5 Å². The van der Waals surface area contributed by atoms with Crippen molar-refractivity contribution >= 4 is 17.5 Å². The molecular formula is C27H28N4O2. The minimum Gasteiger partial charge on any atom is -0.367 e. The van der Waals surface area contributed by atoms with Crippen LogP contribution in [0.25, 0.3) is 0 Å². The van der Waals surface area contributed by atoms with E-state index in [0.29, 0.717) is 24.2 Å². The molecule has 0 aliphatic carbocycles. The van der Waals surface area contributed by atoms with Gasteiger partial charge in [-0.3, -0.25) is 14.6 Å². The number of nitrogens with zero attached hydrogens (tertiary/aromatic N) is 3. The highest BCUT2D eigenvalue weighted by Gasteiger charge is 2.25. The van der Waals surface area contributed by atoms with Crippen molar-refractivity contribution in [3.63, 3.8) is 0 Å². The van der Waals surface area contributed by atoms with Crippen molar-refractivity contribution in [3.8, 4) is 0 Å². The quantitative estimate of drug-likeness (QED) is 0.672. The molecule has 33 heavy (non-hydrogen) atoms. The molecule has 0 spiro atoms. The van der Waals surface area contributed by atoms with E-state index >= 15 is 0 Å². The zero-order valence-electron chi connectivity index (χ0n) is 18.6. The maximum atomic E-state index is 12.8. The molecule has 2 aliphatic rings. The summed E-state index contributed by atoms with van der Waals surface area (Å²) >= 11 is 0. The number of likely N-dealkylation sites (tertiary alicyclic amines) is 1. The number of carbonyl (C=O) groups is 2. The van der Waals surface area contributed by atoms with Gasteiger partial charge in [0.1, 0.15) is 0 Å². The summed E-state index contributed by atoms with van der Waals surface area (Å²) in [7, 11) is 0. The third kappa shape index (κ3) is 4.75. The zero-order valence-corrected chi connectivity index (χ0v) is 18.6. The van der Waals surface area contributed by atoms with Gasteiger partial charge in [0.2, 0.25) is 0 Å². The van der Waals surface area contributed by atoms with Crippen LogP contribution in [0.2, 0.25) is 0 Å². The van der Waals surface area contributed by atoms with Crippen molar-refractivity contribution in [1.29, 1.82) is 0 Å². The van der Waals surface area contributed by atoms with Crippen LogP contribution in [0.3, 0.4) is 0 Å². The molecule has 5 rings (SSSR count). The SMILES string of the molecule is O=C(NC1CCN(C(=O)c2ccncc2)CC1)c1ccc(N2CCc3ccccc3C2)cc1. The summed E-state index contributed by atoms with van der Waals surface area (Å²) in [5.41, 5.74) is 5.28. The molecule has 3 heterocycles. The summed E-state index contributed by atoms with van der Waals surface area (Å²) in [6.45, 7) is 3.17. The first kappa shape index (κ1) is 21.2. The number of hydrogen-bond acceptors (Lipinski definition) is 4. The monoisotopic (exact) mass is 440 g/mol. The van der Waals surface area contributed by atoms with Crippen molar-refractivity contribution in [2.45, 2.75) is 31.8 Å². The van der Waals surface area contributed by atoms with E-state index in [2.05, 4.69) is 39.5 Å². The van der Waals surface area contributed by atoms with Gasteiger partial charge in [-0.05, 0) is 66.8 Å². The maximum absolute atomic E-state index is 12.8. The van der Waals surface area contributed by atoms with Crippen LogP contribution in [-0.4, -0.2) is 47.4 Å². The van der Waals surface area contributed by atoms with Gasteiger partial charge in [-0.2, -0.15) is 0 Å². The van der Waals surface area contributed by atoms with Crippen molar-refractivity contribution < 1.29 is 9.59 Å². The van der Waals surface area contributed by atoms with Gasteiger partial charge in [-0.1, -0.05) is 24.3 Å². The Morgan fingerprint density at radius 1 is 0.818 bits per heavy atom. The number of aromatic nitrogens is 1. The predicted molar refractivity (Wildman–Crippen MR) is 128 cm³/mol. The number of rotatable bonds is 4. The fourth-order valence-electron chi connectivity index (χ4n) is 4.71. The van der Waals surface area contributed by atoms with Gasteiger partial charge in [0.25, 0.3) is 11.8 Å². The van der Waals surface area contributed by atoms with E-state index in [0.717, 1.165) is 38.0 Å². The number of nitrogens with one attached hydrogen (secondary N) is 1. The fourth-order valence-corrected chi connectivity index (χ4v) is 4.71. The molecule has 2 amide bonds. The largest absolute Gasteiger partial charge is 0.367 e. The first-order valence-corrected chi connectivity index (χ1v) is 11.6. The van der Waals surface area contributed by atoms with Crippen LogP contribution in [0, 0.1) is 0 Å². The fraction of sp³-hybridized carbons (Fsp3) is 0.296. The number of carbonyl (C=O) groups excluding carboxylic acids is 2. The predicted octanol–water partition coefficient (Wildman–Crippen LogP) is 3.68. The first-order valence-electron chi connectivity index (χ1n) is 11.6. The van der Waals surface area contributed by atoms with E-state index in [9.17, 15) is 9.59 Å². The number of pyridine rings is 1. The average molecular weight is 441 g/mol. The smallest absolute Gasteiger partial charge is 0.253 e. The normalized spacial score (nSPS) is 16.2. The highest BCUT2D eigenvalue weighted by atomic mass is 16.2. The van der Waals surface area contributed by atoms with Gasteiger partial charge in [0.05, 0.1) is 0 Å². The lowest BCUT2D eigenvalue weighted by Gasteiger charge is -2.32.